The second-order valence-corrected chi connectivity index (χ2v) is 6.26. The van der Waals surface area contributed by atoms with E-state index < -0.39 is 5.41 Å². The molecule has 1 rings (SSSR count). The topological polar surface area (TPSA) is 52.6 Å². The molecular weight excluding hydrogens is 280 g/mol. The molecule has 0 fully saturated rings. The van der Waals surface area contributed by atoms with Crippen LogP contribution in [0.3, 0.4) is 0 Å². The fraction of sp³-hybridized carbons (Fsp3) is 0.556. The molecule has 0 aromatic heterocycles. The lowest BCUT2D eigenvalue weighted by atomic mass is 9.97. The zero-order valence-corrected chi connectivity index (χ0v) is 14.0. The van der Waals surface area contributed by atoms with Gasteiger partial charge in [0.25, 0.3) is 0 Å². The Morgan fingerprint density at radius 2 is 1.64 bits per heavy atom. The van der Waals surface area contributed by atoms with Crippen molar-refractivity contribution in [3.63, 3.8) is 0 Å². The summed E-state index contributed by atoms with van der Waals surface area (Å²) in [6, 6.07) is 7.45. The molecule has 0 spiro atoms. The average molecular weight is 306 g/mol. The maximum absolute atomic E-state index is 11.6. The van der Waals surface area contributed by atoms with Crippen LogP contribution >= 0.6 is 0 Å². The summed E-state index contributed by atoms with van der Waals surface area (Å²) < 4.78 is 10.2. The van der Waals surface area contributed by atoms with Gasteiger partial charge in [0.1, 0.15) is 0 Å². The van der Waals surface area contributed by atoms with Crippen molar-refractivity contribution in [1.82, 2.24) is 0 Å². The van der Waals surface area contributed by atoms with Crippen LogP contribution in [0.15, 0.2) is 24.3 Å². The Balaban J connectivity index is 2.28. The zero-order chi connectivity index (χ0) is 16.6. The highest BCUT2D eigenvalue weighted by atomic mass is 16.5. The second-order valence-electron chi connectivity index (χ2n) is 6.26. The minimum atomic E-state index is -0.442. The van der Waals surface area contributed by atoms with Crippen molar-refractivity contribution < 1.29 is 19.1 Å². The predicted molar refractivity (Wildman–Crippen MR) is 85.8 cm³/mol. The molecule has 0 N–H and O–H groups in total. The van der Waals surface area contributed by atoms with E-state index in [1.807, 2.05) is 32.9 Å². The van der Waals surface area contributed by atoms with E-state index in [9.17, 15) is 9.59 Å². The SMILES string of the molecule is CCOC(=O)c1ccc(CCCCOC(=O)C(C)(C)C)cc1. The predicted octanol–water partition coefficient (Wildman–Crippen LogP) is 3.78. The van der Waals surface area contributed by atoms with E-state index in [1.165, 1.54) is 0 Å². The first-order valence-corrected chi connectivity index (χ1v) is 7.78. The van der Waals surface area contributed by atoms with Crippen molar-refractivity contribution in [2.24, 2.45) is 5.41 Å². The lowest BCUT2D eigenvalue weighted by Gasteiger charge is -2.16. The molecule has 1 aromatic carbocycles. The van der Waals surface area contributed by atoms with Crippen molar-refractivity contribution in [3.05, 3.63) is 35.4 Å². The molecule has 1 aromatic rings. The number of unbranched alkanes of at least 4 members (excludes halogenated alkanes) is 1. The Bertz CT molecular complexity index is 483. The standard InChI is InChI=1S/C18H26O4/c1-5-21-16(19)15-11-9-14(10-12-15)8-6-7-13-22-17(20)18(2,3)4/h9-12H,5-8,13H2,1-4H3. The van der Waals surface area contributed by atoms with Gasteiger partial charge in [-0.1, -0.05) is 12.1 Å². The molecule has 0 aliphatic rings. The van der Waals surface area contributed by atoms with E-state index >= 15 is 0 Å². The Kier molecular flexibility index (Phi) is 7.09. The Hall–Kier alpha value is -1.84. The summed E-state index contributed by atoms with van der Waals surface area (Å²) >= 11 is 0. The van der Waals surface area contributed by atoms with Crippen LogP contribution in [-0.2, 0) is 20.7 Å². The van der Waals surface area contributed by atoms with Crippen molar-refractivity contribution in [1.29, 1.82) is 0 Å². The third-order valence-corrected chi connectivity index (χ3v) is 3.17. The molecule has 22 heavy (non-hydrogen) atoms. The van der Waals surface area contributed by atoms with Gasteiger partial charge < -0.3 is 9.47 Å². The van der Waals surface area contributed by atoms with Gasteiger partial charge in [-0.2, -0.15) is 0 Å². The molecule has 0 aliphatic heterocycles. The molecule has 4 heteroatoms. The lowest BCUT2D eigenvalue weighted by Crippen LogP contribution is -2.23. The first-order valence-electron chi connectivity index (χ1n) is 7.78. The van der Waals surface area contributed by atoms with Crippen LogP contribution in [0.25, 0.3) is 0 Å². The first-order chi connectivity index (χ1) is 10.3. The van der Waals surface area contributed by atoms with Crippen LogP contribution in [0.2, 0.25) is 0 Å². The molecule has 0 saturated carbocycles. The quantitative estimate of drug-likeness (QED) is 0.568. The summed E-state index contributed by atoms with van der Waals surface area (Å²) in [5, 5.41) is 0. The molecule has 0 heterocycles. The summed E-state index contributed by atoms with van der Waals surface area (Å²) in [5.41, 5.74) is 1.29. The molecule has 0 aliphatic carbocycles. The third kappa shape index (κ3) is 6.29. The van der Waals surface area contributed by atoms with E-state index in [0.29, 0.717) is 18.8 Å². The van der Waals surface area contributed by atoms with E-state index in [4.69, 9.17) is 9.47 Å². The molecule has 0 bridgehead atoms. The van der Waals surface area contributed by atoms with Crippen LogP contribution < -0.4 is 0 Å². The van der Waals surface area contributed by atoms with Gasteiger partial charge in [0.15, 0.2) is 0 Å². The van der Waals surface area contributed by atoms with E-state index in [0.717, 1.165) is 24.8 Å². The van der Waals surface area contributed by atoms with E-state index in [2.05, 4.69) is 0 Å². The molecule has 122 valence electrons. The Morgan fingerprint density at radius 1 is 1.00 bits per heavy atom. The number of benzene rings is 1. The summed E-state index contributed by atoms with van der Waals surface area (Å²) in [6.07, 6.45) is 2.67. The number of carbonyl (C=O) groups excluding carboxylic acids is 2. The monoisotopic (exact) mass is 306 g/mol. The van der Waals surface area contributed by atoms with Gasteiger partial charge >= 0.3 is 11.9 Å². The normalized spacial score (nSPS) is 11.1. The van der Waals surface area contributed by atoms with Crippen LogP contribution in [0.1, 0.15) is 56.5 Å². The maximum atomic E-state index is 11.6. The summed E-state index contributed by atoms with van der Waals surface area (Å²) in [5.74, 6) is -0.450. The van der Waals surface area contributed by atoms with Crippen molar-refractivity contribution >= 4 is 11.9 Å². The van der Waals surface area contributed by atoms with Crippen molar-refractivity contribution in [2.45, 2.75) is 47.0 Å². The van der Waals surface area contributed by atoms with Crippen LogP contribution in [0.5, 0.6) is 0 Å². The minimum Gasteiger partial charge on any atom is -0.465 e. The van der Waals surface area contributed by atoms with Gasteiger partial charge in [-0.15, -0.1) is 0 Å². The number of hydrogen-bond acceptors (Lipinski definition) is 4. The van der Waals surface area contributed by atoms with Crippen molar-refractivity contribution in [2.75, 3.05) is 13.2 Å². The van der Waals surface area contributed by atoms with Gasteiger partial charge in [-0.3, -0.25) is 4.79 Å². The second kappa shape index (κ2) is 8.57. The van der Waals surface area contributed by atoms with Crippen LogP contribution in [0.4, 0.5) is 0 Å². The van der Waals surface area contributed by atoms with Crippen molar-refractivity contribution in [3.8, 4) is 0 Å². The summed E-state index contributed by atoms with van der Waals surface area (Å²) in [7, 11) is 0. The summed E-state index contributed by atoms with van der Waals surface area (Å²) in [6.45, 7) is 8.17. The number of rotatable bonds is 7. The highest BCUT2D eigenvalue weighted by Crippen LogP contribution is 2.15. The molecule has 0 unspecified atom stereocenters. The van der Waals surface area contributed by atoms with E-state index in [1.54, 1.807) is 19.1 Å². The largest absolute Gasteiger partial charge is 0.465 e. The van der Waals surface area contributed by atoms with Gasteiger partial charge in [0.2, 0.25) is 0 Å². The minimum absolute atomic E-state index is 0.161. The Morgan fingerprint density at radius 3 is 2.18 bits per heavy atom. The molecule has 0 saturated heterocycles. The number of aryl methyl sites for hydroxylation is 1. The highest BCUT2D eigenvalue weighted by Gasteiger charge is 2.22. The molecule has 0 radical (unpaired) electrons. The van der Waals surface area contributed by atoms with Gasteiger partial charge in [-0.25, -0.2) is 4.79 Å². The number of hydrogen-bond donors (Lipinski definition) is 0. The van der Waals surface area contributed by atoms with Gasteiger partial charge in [-0.05, 0) is 64.7 Å². The fourth-order valence-corrected chi connectivity index (χ4v) is 1.83. The van der Waals surface area contributed by atoms with Gasteiger partial charge in [0, 0.05) is 0 Å². The third-order valence-electron chi connectivity index (χ3n) is 3.17. The lowest BCUT2D eigenvalue weighted by molar-refractivity contribution is -0.153. The van der Waals surface area contributed by atoms with Crippen LogP contribution in [-0.4, -0.2) is 25.2 Å². The Labute approximate surface area is 132 Å². The smallest absolute Gasteiger partial charge is 0.338 e. The number of ether oxygens (including phenoxy) is 2. The molecule has 0 atom stereocenters. The fourth-order valence-electron chi connectivity index (χ4n) is 1.83. The number of esters is 2. The zero-order valence-electron chi connectivity index (χ0n) is 14.0. The maximum Gasteiger partial charge on any atom is 0.338 e. The summed E-state index contributed by atoms with van der Waals surface area (Å²) in [4.78, 5) is 23.1. The van der Waals surface area contributed by atoms with E-state index in [-0.39, 0.29) is 11.9 Å². The molecule has 4 nitrogen and oxygen atoms in total. The van der Waals surface area contributed by atoms with Crippen LogP contribution in [0, 0.1) is 5.41 Å². The number of carbonyl (C=O) groups is 2. The first kappa shape index (κ1) is 18.2. The average Bonchev–Trinajstić information content (AvgIpc) is 2.46. The van der Waals surface area contributed by atoms with Gasteiger partial charge in [0.05, 0.1) is 24.2 Å². The molecular formula is C18H26O4. The molecule has 0 amide bonds. The highest BCUT2D eigenvalue weighted by molar-refractivity contribution is 5.89.